The monoisotopic (exact) mass is 203 g/mol. The van der Waals surface area contributed by atoms with Gasteiger partial charge in [-0.3, -0.25) is 5.10 Å². The average molecular weight is 203 g/mol. The van der Waals surface area contributed by atoms with Gasteiger partial charge >= 0.3 is 0 Å². The van der Waals surface area contributed by atoms with Gasteiger partial charge in [0.2, 0.25) is 0 Å². The van der Waals surface area contributed by atoms with Crippen LogP contribution >= 0.6 is 0 Å². The van der Waals surface area contributed by atoms with Crippen LogP contribution in [0, 0.1) is 0 Å². The van der Waals surface area contributed by atoms with Gasteiger partial charge in [0, 0.05) is 17.7 Å². The number of nitrogens with zero attached hydrogens (tertiary/aromatic N) is 1. The van der Waals surface area contributed by atoms with E-state index in [-0.39, 0.29) is 5.41 Å². The maximum atomic E-state index is 4.32. The summed E-state index contributed by atoms with van der Waals surface area (Å²) < 4.78 is 0. The number of rotatable bonds is 1. The second kappa shape index (κ2) is 3.57. The summed E-state index contributed by atoms with van der Waals surface area (Å²) in [6.45, 7) is 7.40. The van der Waals surface area contributed by atoms with Crippen LogP contribution < -0.4 is 5.32 Å². The predicted octanol–water partition coefficient (Wildman–Crippen LogP) is 2.21. The van der Waals surface area contributed by atoms with Crippen molar-refractivity contribution >= 4 is 5.70 Å². The van der Waals surface area contributed by atoms with E-state index in [0.717, 1.165) is 23.6 Å². The van der Waals surface area contributed by atoms with Crippen molar-refractivity contribution in [2.75, 3.05) is 6.54 Å². The van der Waals surface area contributed by atoms with Gasteiger partial charge in [-0.25, -0.2) is 0 Å². The zero-order valence-electron chi connectivity index (χ0n) is 9.46. The molecule has 2 heterocycles. The minimum Gasteiger partial charge on any atom is -0.380 e. The van der Waals surface area contributed by atoms with Crippen LogP contribution in [0.25, 0.3) is 5.70 Å². The van der Waals surface area contributed by atoms with Crippen LogP contribution in [-0.4, -0.2) is 16.7 Å². The highest BCUT2D eigenvalue weighted by Gasteiger charge is 2.17. The van der Waals surface area contributed by atoms with Crippen molar-refractivity contribution in [3.8, 4) is 0 Å². The molecule has 0 fully saturated rings. The summed E-state index contributed by atoms with van der Waals surface area (Å²) in [4.78, 5) is 0. The Morgan fingerprint density at radius 2 is 2.13 bits per heavy atom. The molecular formula is C12H17N3. The lowest BCUT2D eigenvalue weighted by Gasteiger charge is -2.14. The van der Waals surface area contributed by atoms with Crippen molar-refractivity contribution in [1.29, 1.82) is 0 Å². The maximum Gasteiger partial charge on any atom is 0.108 e. The molecule has 0 aromatic carbocycles. The zero-order chi connectivity index (χ0) is 10.9. The number of H-pyrrole nitrogens is 1. The molecule has 15 heavy (non-hydrogen) atoms. The summed E-state index contributed by atoms with van der Waals surface area (Å²) in [6.07, 6.45) is 6.18. The minimum atomic E-state index is 0.121. The first-order chi connectivity index (χ1) is 7.07. The standard InChI is InChI=1S/C12H17N3/c1-12(2,3)11-8-10(14-15-11)9-6-4-5-7-13-9/h4-6,8,13H,7H2,1-3H3,(H,14,15). The highest BCUT2D eigenvalue weighted by atomic mass is 15.1. The van der Waals surface area contributed by atoms with Gasteiger partial charge in [0.15, 0.2) is 0 Å². The maximum absolute atomic E-state index is 4.32. The first-order valence-electron chi connectivity index (χ1n) is 5.24. The molecule has 1 aliphatic rings. The molecule has 3 heteroatoms. The lowest BCUT2D eigenvalue weighted by atomic mass is 9.92. The molecule has 1 aliphatic heterocycles. The number of allylic oxidation sites excluding steroid dienone is 2. The zero-order valence-corrected chi connectivity index (χ0v) is 9.46. The number of hydrogen-bond donors (Lipinski definition) is 2. The van der Waals surface area contributed by atoms with Crippen LogP contribution in [0.5, 0.6) is 0 Å². The molecule has 2 rings (SSSR count). The molecule has 1 aromatic rings. The van der Waals surface area contributed by atoms with Gasteiger partial charge in [-0.2, -0.15) is 5.10 Å². The minimum absolute atomic E-state index is 0.121. The average Bonchev–Trinajstić information content (AvgIpc) is 2.67. The van der Waals surface area contributed by atoms with Gasteiger partial charge in [0.05, 0.1) is 5.70 Å². The lowest BCUT2D eigenvalue weighted by Crippen LogP contribution is -2.14. The van der Waals surface area contributed by atoms with E-state index >= 15 is 0 Å². The Balaban J connectivity index is 2.27. The van der Waals surface area contributed by atoms with Gasteiger partial charge in [-0.1, -0.05) is 32.9 Å². The van der Waals surface area contributed by atoms with Crippen molar-refractivity contribution in [3.05, 3.63) is 35.7 Å². The summed E-state index contributed by atoms with van der Waals surface area (Å²) in [7, 11) is 0. The van der Waals surface area contributed by atoms with Gasteiger partial charge in [-0.05, 0) is 12.1 Å². The largest absolute Gasteiger partial charge is 0.380 e. The normalized spacial score (nSPS) is 16.1. The number of aromatic amines is 1. The Hall–Kier alpha value is -1.51. The fourth-order valence-corrected chi connectivity index (χ4v) is 1.48. The van der Waals surface area contributed by atoms with Crippen molar-refractivity contribution in [3.63, 3.8) is 0 Å². The number of hydrogen-bond acceptors (Lipinski definition) is 2. The summed E-state index contributed by atoms with van der Waals surface area (Å²) in [5, 5.41) is 10.7. The Kier molecular flexibility index (Phi) is 2.39. The van der Waals surface area contributed by atoms with Crippen LogP contribution in [0.4, 0.5) is 0 Å². The van der Waals surface area contributed by atoms with Crippen molar-refractivity contribution in [2.45, 2.75) is 26.2 Å². The molecule has 0 amide bonds. The molecule has 3 nitrogen and oxygen atoms in total. The van der Waals surface area contributed by atoms with Gasteiger partial charge in [-0.15, -0.1) is 0 Å². The topological polar surface area (TPSA) is 40.7 Å². The van der Waals surface area contributed by atoms with E-state index in [0.29, 0.717) is 0 Å². The predicted molar refractivity (Wildman–Crippen MR) is 62.4 cm³/mol. The lowest BCUT2D eigenvalue weighted by molar-refractivity contribution is 0.567. The number of dihydropyridines is 1. The molecule has 80 valence electrons. The third kappa shape index (κ3) is 2.12. The molecule has 0 atom stereocenters. The molecule has 1 aromatic heterocycles. The quantitative estimate of drug-likeness (QED) is 0.734. The third-order valence-corrected chi connectivity index (χ3v) is 2.47. The van der Waals surface area contributed by atoms with Crippen LogP contribution in [-0.2, 0) is 5.41 Å². The molecule has 0 saturated carbocycles. The molecule has 0 unspecified atom stereocenters. The van der Waals surface area contributed by atoms with Gasteiger partial charge in [0.25, 0.3) is 0 Å². The molecule has 0 aliphatic carbocycles. The second-order valence-electron chi connectivity index (χ2n) is 4.81. The Morgan fingerprint density at radius 1 is 1.33 bits per heavy atom. The van der Waals surface area contributed by atoms with E-state index < -0.39 is 0 Å². The summed E-state index contributed by atoms with van der Waals surface area (Å²) in [6, 6.07) is 2.11. The van der Waals surface area contributed by atoms with Gasteiger partial charge in [0.1, 0.15) is 5.69 Å². The first-order valence-corrected chi connectivity index (χ1v) is 5.24. The van der Waals surface area contributed by atoms with E-state index in [9.17, 15) is 0 Å². The van der Waals surface area contributed by atoms with Crippen molar-refractivity contribution in [2.24, 2.45) is 0 Å². The first kappa shape index (κ1) is 10.0. The fraction of sp³-hybridized carbons (Fsp3) is 0.417. The fourth-order valence-electron chi connectivity index (χ4n) is 1.48. The smallest absolute Gasteiger partial charge is 0.108 e. The Labute approximate surface area is 90.3 Å². The van der Waals surface area contributed by atoms with Crippen LogP contribution in [0.1, 0.15) is 32.2 Å². The molecule has 0 radical (unpaired) electrons. The Bertz CT molecular complexity index is 405. The molecule has 2 N–H and O–H groups in total. The number of nitrogens with one attached hydrogen (secondary N) is 2. The van der Waals surface area contributed by atoms with E-state index in [4.69, 9.17) is 0 Å². The van der Waals surface area contributed by atoms with Crippen LogP contribution in [0.2, 0.25) is 0 Å². The van der Waals surface area contributed by atoms with E-state index in [1.165, 1.54) is 0 Å². The summed E-state index contributed by atoms with van der Waals surface area (Å²) >= 11 is 0. The summed E-state index contributed by atoms with van der Waals surface area (Å²) in [5.41, 5.74) is 3.36. The molecule has 0 bridgehead atoms. The SMILES string of the molecule is CC(C)(C)c1cc(C2=CC=CCN2)n[nH]1. The van der Waals surface area contributed by atoms with Gasteiger partial charge < -0.3 is 5.32 Å². The summed E-state index contributed by atoms with van der Waals surface area (Å²) in [5.74, 6) is 0. The van der Waals surface area contributed by atoms with Crippen molar-refractivity contribution in [1.82, 2.24) is 15.5 Å². The molecular weight excluding hydrogens is 186 g/mol. The van der Waals surface area contributed by atoms with E-state index in [1.807, 2.05) is 6.08 Å². The van der Waals surface area contributed by atoms with E-state index in [2.05, 4.69) is 54.5 Å². The van der Waals surface area contributed by atoms with Crippen LogP contribution in [0.3, 0.4) is 0 Å². The highest BCUT2D eigenvalue weighted by molar-refractivity contribution is 5.64. The molecule has 0 saturated heterocycles. The highest BCUT2D eigenvalue weighted by Crippen LogP contribution is 2.22. The van der Waals surface area contributed by atoms with Crippen molar-refractivity contribution < 1.29 is 0 Å². The number of aromatic nitrogens is 2. The third-order valence-electron chi connectivity index (χ3n) is 2.47. The second-order valence-corrected chi connectivity index (χ2v) is 4.81. The van der Waals surface area contributed by atoms with Crippen LogP contribution in [0.15, 0.2) is 24.3 Å². The van der Waals surface area contributed by atoms with E-state index in [1.54, 1.807) is 0 Å². The molecule has 0 spiro atoms. The Morgan fingerprint density at radius 3 is 2.67 bits per heavy atom.